The van der Waals surface area contributed by atoms with Crippen LogP contribution in [0, 0.1) is 17.8 Å². The van der Waals surface area contributed by atoms with Crippen LogP contribution < -0.4 is 0 Å². The normalized spacial score (nSPS) is 40.9. The van der Waals surface area contributed by atoms with Gasteiger partial charge in [-0.2, -0.15) is 0 Å². The second kappa shape index (κ2) is 4.45. The van der Waals surface area contributed by atoms with Crippen LogP contribution in [0.4, 0.5) is 0 Å². The molecule has 3 rings (SSSR count). The number of piperidine rings is 1. The molecule has 1 saturated heterocycles. The fraction of sp³-hybridized carbons (Fsp3) is 0.786. The number of carboxylic acid groups (broad SMARTS) is 1. The van der Waals surface area contributed by atoms with E-state index >= 15 is 0 Å². The van der Waals surface area contributed by atoms with Crippen molar-refractivity contribution in [3.8, 4) is 0 Å². The van der Waals surface area contributed by atoms with Crippen LogP contribution in [-0.4, -0.2) is 35.1 Å². The summed E-state index contributed by atoms with van der Waals surface area (Å²) >= 11 is 0. The topological polar surface area (TPSA) is 40.5 Å². The first-order valence-corrected chi connectivity index (χ1v) is 6.89. The predicted octanol–water partition coefficient (Wildman–Crippen LogP) is 2.14. The molecule has 0 aromatic rings. The number of nitrogens with zero attached hydrogens (tertiary/aromatic N) is 1. The molecule has 2 fully saturated rings. The lowest BCUT2D eigenvalue weighted by atomic mass is 9.91. The zero-order valence-electron chi connectivity index (χ0n) is 10.2. The monoisotopic (exact) mass is 235 g/mol. The van der Waals surface area contributed by atoms with Gasteiger partial charge in [-0.15, -0.1) is 0 Å². The van der Waals surface area contributed by atoms with Crippen LogP contribution in [0.5, 0.6) is 0 Å². The second-order valence-corrected chi connectivity index (χ2v) is 5.89. The number of carboxylic acids is 1. The van der Waals surface area contributed by atoms with Crippen molar-refractivity contribution in [3.05, 3.63) is 12.2 Å². The molecule has 1 N–H and O–H groups in total. The van der Waals surface area contributed by atoms with Crippen LogP contribution in [0.1, 0.15) is 32.1 Å². The molecule has 2 aliphatic carbocycles. The van der Waals surface area contributed by atoms with Crippen molar-refractivity contribution in [3.63, 3.8) is 0 Å². The molecule has 0 radical (unpaired) electrons. The fourth-order valence-electron chi connectivity index (χ4n) is 3.89. The summed E-state index contributed by atoms with van der Waals surface area (Å²) < 4.78 is 0. The lowest BCUT2D eigenvalue weighted by Gasteiger charge is -2.36. The second-order valence-electron chi connectivity index (χ2n) is 5.89. The Labute approximate surface area is 102 Å². The minimum atomic E-state index is -0.622. The Hall–Kier alpha value is -0.830. The van der Waals surface area contributed by atoms with E-state index in [9.17, 15) is 9.90 Å². The lowest BCUT2D eigenvalue weighted by molar-refractivity contribution is -0.144. The number of allylic oxidation sites excluding steroid dienone is 2. The van der Waals surface area contributed by atoms with Crippen molar-refractivity contribution >= 4 is 5.97 Å². The van der Waals surface area contributed by atoms with Crippen LogP contribution in [0.3, 0.4) is 0 Å². The Balaban J connectivity index is 1.63. The van der Waals surface area contributed by atoms with Gasteiger partial charge in [-0.3, -0.25) is 9.69 Å². The highest BCUT2D eigenvalue weighted by atomic mass is 16.4. The molecule has 0 spiro atoms. The number of rotatable bonds is 3. The predicted molar refractivity (Wildman–Crippen MR) is 65.7 cm³/mol. The summed E-state index contributed by atoms with van der Waals surface area (Å²) in [5.74, 6) is 1.61. The highest BCUT2D eigenvalue weighted by Crippen LogP contribution is 2.44. The van der Waals surface area contributed by atoms with E-state index < -0.39 is 5.97 Å². The van der Waals surface area contributed by atoms with Gasteiger partial charge in [-0.25, -0.2) is 0 Å². The molecule has 0 aromatic carbocycles. The van der Waals surface area contributed by atoms with Crippen molar-refractivity contribution in [1.29, 1.82) is 0 Å². The van der Waals surface area contributed by atoms with E-state index in [1.54, 1.807) is 0 Å². The van der Waals surface area contributed by atoms with Gasteiger partial charge < -0.3 is 5.11 Å². The number of likely N-dealkylation sites (tertiary alicyclic amines) is 1. The molecule has 2 bridgehead atoms. The molecule has 1 saturated carbocycles. The summed E-state index contributed by atoms with van der Waals surface area (Å²) in [5, 5.41) is 9.26. The molecule has 1 heterocycles. The van der Waals surface area contributed by atoms with Crippen LogP contribution in [0.2, 0.25) is 0 Å². The van der Waals surface area contributed by atoms with Gasteiger partial charge in [0.05, 0.1) is 0 Å². The minimum absolute atomic E-state index is 0.216. The maximum absolute atomic E-state index is 11.2. The van der Waals surface area contributed by atoms with Crippen molar-refractivity contribution < 1.29 is 9.90 Å². The Bertz CT molecular complexity index is 339. The molecule has 3 nitrogen and oxygen atoms in total. The Morgan fingerprint density at radius 3 is 2.82 bits per heavy atom. The average Bonchev–Trinajstić information content (AvgIpc) is 2.91. The van der Waals surface area contributed by atoms with Gasteiger partial charge in [-0.1, -0.05) is 18.6 Å². The van der Waals surface area contributed by atoms with Gasteiger partial charge in [-0.05, 0) is 50.0 Å². The van der Waals surface area contributed by atoms with E-state index in [2.05, 4.69) is 17.1 Å². The van der Waals surface area contributed by atoms with Gasteiger partial charge in [0.2, 0.25) is 0 Å². The number of hydrogen-bond acceptors (Lipinski definition) is 2. The summed E-state index contributed by atoms with van der Waals surface area (Å²) in [5.41, 5.74) is 0. The molecule has 3 aliphatic rings. The zero-order valence-corrected chi connectivity index (χ0v) is 10.2. The largest absolute Gasteiger partial charge is 0.480 e. The quantitative estimate of drug-likeness (QED) is 0.762. The highest BCUT2D eigenvalue weighted by molar-refractivity contribution is 5.73. The van der Waals surface area contributed by atoms with Gasteiger partial charge in [0.25, 0.3) is 0 Å². The van der Waals surface area contributed by atoms with Crippen LogP contribution in [0.25, 0.3) is 0 Å². The van der Waals surface area contributed by atoms with Crippen molar-refractivity contribution in [2.45, 2.75) is 38.1 Å². The summed E-state index contributed by atoms with van der Waals surface area (Å²) in [7, 11) is 0. The molecule has 3 heteroatoms. The maximum Gasteiger partial charge on any atom is 0.320 e. The molecular weight excluding hydrogens is 214 g/mol. The van der Waals surface area contributed by atoms with Crippen molar-refractivity contribution in [1.82, 2.24) is 4.90 Å². The zero-order chi connectivity index (χ0) is 11.8. The summed E-state index contributed by atoms with van der Waals surface area (Å²) in [6, 6.07) is -0.216. The molecule has 94 valence electrons. The summed E-state index contributed by atoms with van der Waals surface area (Å²) in [6.07, 6.45) is 10.4. The van der Waals surface area contributed by atoms with Crippen molar-refractivity contribution in [2.24, 2.45) is 17.8 Å². The third-order valence-electron chi connectivity index (χ3n) is 4.78. The van der Waals surface area contributed by atoms with E-state index in [0.29, 0.717) is 5.92 Å². The van der Waals surface area contributed by atoms with Crippen LogP contribution in [-0.2, 0) is 4.79 Å². The van der Waals surface area contributed by atoms with E-state index in [0.717, 1.165) is 37.8 Å². The first-order valence-electron chi connectivity index (χ1n) is 6.89. The Morgan fingerprint density at radius 2 is 2.18 bits per heavy atom. The van der Waals surface area contributed by atoms with Crippen LogP contribution >= 0.6 is 0 Å². The average molecular weight is 235 g/mol. The standard InChI is InChI=1S/C14H21NO2/c16-14(17)13-3-1-2-6-15(13)9-12-8-10-4-5-11(12)7-10/h4-5,10-13H,1-3,6-9H2,(H,16,17). The molecule has 1 aliphatic heterocycles. The smallest absolute Gasteiger partial charge is 0.320 e. The Morgan fingerprint density at radius 1 is 1.29 bits per heavy atom. The molecule has 0 amide bonds. The van der Waals surface area contributed by atoms with E-state index in [4.69, 9.17) is 0 Å². The molecule has 17 heavy (non-hydrogen) atoms. The lowest BCUT2D eigenvalue weighted by Crippen LogP contribution is -2.47. The van der Waals surface area contributed by atoms with E-state index in [-0.39, 0.29) is 6.04 Å². The molecule has 4 atom stereocenters. The Kier molecular flexibility index (Phi) is 2.95. The fourth-order valence-corrected chi connectivity index (χ4v) is 3.89. The third-order valence-corrected chi connectivity index (χ3v) is 4.78. The van der Waals surface area contributed by atoms with Crippen molar-refractivity contribution in [2.75, 3.05) is 13.1 Å². The van der Waals surface area contributed by atoms with E-state index in [1.807, 2.05) is 0 Å². The highest BCUT2D eigenvalue weighted by Gasteiger charge is 2.38. The number of aliphatic carboxylic acids is 1. The van der Waals surface area contributed by atoms with Gasteiger partial charge in [0.15, 0.2) is 0 Å². The van der Waals surface area contributed by atoms with E-state index in [1.165, 1.54) is 19.3 Å². The van der Waals surface area contributed by atoms with Gasteiger partial charge in [0.1, 0.15) is 6.04 Å². The maximum atomic E-state index is 11.2. The number of carbonyl (C=O) groups is 1. The SMILES string of the molecule is O=C(O)C1CCCCN1CC1CC2C=CC1C2. The van der Waals surface area contributed by atoms with Gasteiger partial charge in [0, 0.05) is 6.54 Å². The summed E-state index contributed by atoms with van der Waals surface area (Å²) in [4.78, 5) is 13.5. The number of fused-ring (bicyclic) bond motifs is 2. The van der Waals surface area contributed by atoms with Crippen LogP contribution in [0.15, 0.2) is 12.2 Å². The number of hydrogen-bond donors (Lipinski definition) is 1. The molecule has 0 aromatic heterocycles. The first-order chi connectivity index (χ1) is 8.24. The third kappa shape index (κ3) is 2.13. The molecule has 4 unspecified atom stereocenters. The van der Waals surface area contributed by atoms with Gasteiger partial charge >= 0.3 is 5.97 Å². The molecular formula is C14H21NO2. The first kappa shape index (κ1) is 11.3. The minimum Gasteiger partial charge on any atom is -0.480 e. The summed E-state index contributed by atoms with van der Waals surface area (Å²) in [6.45, 7) is 1.98.